The molecule has 0 unspecified atom stereocenters. The molecule has 212 valence electrons. The van der Waals surface area contributed by atoms with Gasteiger partial charge in [0, 0.05) is 22.1 Å². The zero-order valence-electron chi connectivity index (χ0n) is 24.9. The molecule has 1 fully saturated rings. The number of nitrogens with zero attached hydrogens (tertiary/aromatic N) is 2. The van der Waals surface area contributed by atoms with Crippen LogP contribution in [-0.4, -0.2) is 21.2 Å². The highest BCUT2D eigenvalue weighted by molar-refractivity contribution is 5.93. The van der Waals surface area contributed by atoms with Gasteiger partial charge in [0.25, 0.3) is 0 Å². The van der Waals surface area contributed by atoms with E-state index in [4.69, 9.17) is 19.4 Å². The maximum atomic E-state index is 6.24. The lowest BCUT2D eigenvalue weighted by molar-refractivity contribution is -0.0895. The maximum absolute atomic E-state index is 6.24. The molecular weight excluding hydrogens is 528 g/mol. The maximum Gasteiger partial charge on any atom is 0.185 e. The van der Waals surface area contributed by atoms with E-state index >= 15 is 0 Å². The van der Waals surface area contributed by atoms with Gasteiger partial charge in [-0.05, 0) is 68.1 Å². The predicted octanol–water partition coefficient (Wildman–Crippen LogP) is 9.90. The first-order valence-electron chi connectivity index (χ1n) is 14.8. The molecule has 7 rings (SSSR count). The minimum absolute atomic E-state index is 0.361. The standard InChI is InChI=1S/C39H34N2O2/c1-38(2)39(3,4)43-37(42-38)28-22-20-26(21-23-28)29-14-10-15-30(24-29)31-16-11-17-32(25-31)36-40-34-19-9-8-18-33(34)35(41-36)27-12-6-5-7-13-27/h5-25,37H,1-4H3. The van der Waals surface area contributed by atoms with Gasteiger partial charge in [-0.25, -0.2) is 9.97 Å². The lowest BCUT2D eigenvalue weighted by atomic mass is 9.90. The van der Waals surface area contributed by atoms with Crippen molar-refractivity contribution in [3.8, 4) is 44.9 Å². The molecule has 1 aliphatic heterocycles. The van der Waals surface area contributed by atoms with Crippen LogP contribution in [0.4, 0.5) is 0 Å². The summed E-state index contributed by atoms with van der Waals surface area (Å²) in [4.78, 5) is 10.0. The van der Waals surface area contributed by atoms with Crippen molar-refractivity contribution < 1.29 is 9.47 Å². The molecular formula is C39H34N2O2. The summed E-state index contributed by atoms with van der Waals surface area (Å²) in [7, 11) is 0. The van der Waals surface area contributed by atoms with Crippen LogP contribution in [0.3, 0.4) is 0 Å². The smallest absolute Gasteiger partial charge is 0.185 e. The monoisotopic (exact) mass is 562 g/mol. The Kier molecular flexibility index (Phi) is 6.69. The van der Waals surface area contributed by atoms with E-state index in [0.717, 1.165) is 55.5 Å². The first-order chi connectivity index (χ1) is 20.8. The lowest BCUT2D eigenvalue weighted by Gasteiger charge is -2.30. The van der Waals surface area contributed by atoms with Crippen LogP contribution in [-0.2, 0) is 9.47 Å². The van der Waals surface area contributed by atoms with E-state index in [0.29, 0.717) is 5.82 Å². The van der Waals surface area contributed by atoms with Gasteiger partial charge in [0.1, 0.15) is 0 Å². The van der Waals surface area contributed by atoms with Crippen molar-refractivity contribution in [3.63, 3.8) is 0 Å². The van der Waals surface area contributed by atoms with E-state index in [2.05, 4.69) is 125 Å². The van der Waals surface area contributed by atoms with Crippen molar-refractivity contribution in [2.45, 2.75) is 45.2 Å². The van der Waals surface area contributed by atoms with Crippen molar-refractivity contribution in [3.05, 3.63) is 133 Å². The van der Waals surface area contributed by atoms with Gasteiger partial charge < -0.3 is 9.47 Å². The van der Waals surface area contributed by atoms with Crippen LogP contribution in [0.15, 0.2) is 127 Å². The average molecular weight is 563 g/mol. The molecule has 1 aliphatic rings. The minimum atomic E-state index is -0.368. The molecule has 4 heteroatoms. The first kappa shape index (κ1) is 27.2. The summed E-state index contributed by atoms with van der Waals surface area (Å²) in [6.45, 7) is 8.32. The second kappa shape index (κ2) is 10.6. The molecule has 0 amide bonds. The first-order valence-corrected chi connectivity index (χ1v) is 14.8. The Morgan fingerprint density at radius 3 is 1.70 bits per heavy atom. The van der Waals surface area contributed by atoms with Crippen molar-refractivity contribution in [1.82, 2.24) is 9.97 Å². The summed E-state index contributed by atoms with van der Waals surface area (Å²) in [6.07, 6.45) is -0.368. The number of hydrogen-bond donors (Lipinski definition) is 0. The quantitative estimate of drug-likeness (QED) is 0.210. The van der Waals surface area contributed by atoms with Crippen molar-refractivity contribution in [1.29, 1.82) is 0 Å². The van der Waals surface area contributed by atoms with Crippen molar-refractivity contribution in [2.24, 2.45) is 0 Å². The SMILES string of the molecule is CC1(C)OC(c2ccc(-c3cccc(-c4cccc(-c5nc(-c6ccccc6)c6ccccc6n5)c4)c3)cc2)OC1(C)C. The molecule has 0 radical (unpaired) electrons. The van der Waals surface area contributed by atoms with E-state index in [-0.39, 0.29) is 17.5 Å². The van der Waals surface area contributed by atoms with Crippen LogP contribution < -0.4 is 0 Å². The van der Waals surface area contributed by atoms with Gasteiger partial charge in [0.15, 0.2) is 12.1 Å². The molecule has 6 aromatic rings. The van der Waals surface area contributed by atoms with Crippen LogP contribution in [0.2, 0.25) is 0 Å². The Balaban J connectivity index is 1.20. The second-order valence-corrected chi connectivity index (χ2v) is 12.2. The van der Waals surface area contributed by atoms with E-state index in [1.807, 2.05) is 30.3 Å². The summed E-state index contributed by atoms with van der Waals surface area (Å²) >= 11 is 0. The average Bonchev–Trinajstić information content (AvgIpc) is 3.27. The molecule has 1 aromatic heterocycles. The molecule has 0 aliphatic carbocycles. The molecule has 5 aromatic carbocycles. The molecule has 2 heterocycles. The van der Waals surface area contributed by atoms with Crippen LogP contribution in [0, 0.1) is 0 Å². The van der Waals surface area contributed by atoms with E-state index in [9.17, 15) is 0 Å². The van der Waals surface area contributed by atoms with Gasteiger partial charge >= 0.3 is 0 Å². The normalized spacial score (nSPS) is 16.0. The van der Waals surface area contributed by atoms with Crippen LogP contribution in [0.5, 0.6) is 0 Å². The van der Waals surface area contributed by atoms with Gasteiger partial charge in [0.2, 0.25) is 0 Å². The van der Waals surface area contributed by atoms with Crippen molar-refractivity contribution >= 4 is 10.9 Å². The fourth-order valence-electron chi connectivity index (χ4n) is 5.55. The minimum Gasteiger partial charge on any atom is -0.339 e. The van der Waals surface area contributed by atoms with Crippen LogP contribution in [0.1, 0.15) is 39.5 Å². The Morgan fingerprint density at radius 2 is 1.02 bits per heavy atom. The zero-order valence-corrected chi connectivity index (χ0v) is 24.9. The lowest BCUT2D eigenvalue weighted by Crippen LogP contribution is -2.41. The number of rotatable bonds is 5. The van der Waals surface area contributed by atoms with E-state index in [1.54, 1.807) is 0 Å². The van der Waals surface area contributed by atoms with E-state index in [1.165, 1.54) is 0 Å². The summed E-state index contributed by atoms with van der Waals surface area (Å²) < 4.78 is 12.5. The van der Waals surface area contributed by atoms with Crippen LogP contribution >= 0.6 is 0 Å². The number of hydrogen-bond acceptors (Lipinski definition) is 4. The molecule has 0 atom stereocenters. The highest BCUT2D eigenvalue weighted by atomic mass is 16.7. The number of fused-ring (bicyclic) bond motifs is 1. The summed E-state index contributed by atoms with van der Waals surface area (Å²) in [5.74, 6) is 0.717. The third-order valence-electron chi connectivity index (χ3n) is 8.74. The highest BCUT2D eigenvalue weighted by Crippen LogP contribution is 2.45. The van der Waals surface area contributed by atoms with E-state index < -0.39 is 0 Å². The summed E-state index contributed by atoms with van der Waals surface area (Å²) in [5.41, 5.74) is 8.79. The van der Waals surface area contributed by atoms with Crippen LogP contribution in [0.25, 0.3) is 55.8 Å². The van der Waals surface area contributed by atoms with Crippen molar-refractivity contribution in [2.75, 3.05) is 0 Å². The van der Waals surface area contributed by atoms with Gasteiger partial charge in [-0.2, -0.15) is 0 Å². The highest BCUT2D eigenvalue weighted by Gasteiger charge is 2.49. The predicted molar refractivity (Wildman–Crippen MR) is 174 cm³/mol. The zero-order chi connectivity index (χ0) is 29.6. The molecule has 4 nitrogen and oxygen atoms in total. The number of ether oxygens (including phenoxy) is 2. The fourth-order valence-corrected chi connectivity index (χ4v) is 5.55. The summed E-state index contributed by atoms with van der Waals surface area (Å²) in [6, 6.07) is 44.2. The summed E-state index contributed by atoms with van der Waals surface area (Å²) in [5, 5.41) is 1.05. The Bertz CT molecular complexity index is 1910. The molecule has 0 bridgehead atoms. The number of para-hydroxylation sites is 1. The van der Waals surface area contributed by atoms with Gasteiger partial charge in [-0.15, -0.1) is 0 Å². The van der Waals surface area contributed by atoms with Gasteiger partial charge in [-0.1, -0.05) is 109 Å². The third-order valence-corrected chi connectivity index (χ3v) is 8.74. The largest absolute Gasteiger partial charge is 0.339 e. The second-order valence-electron chi connectivity index (χ2n) is 12.2. The number of benzene rings is 5. The van der Waals surface area contributed by atoms with Gasteiger partial charge in [0.05, 0.1) is 22.4 Å². The van der Waals surface area contributed by atoms with Gasteiger partial charge in [-0.3, -0.25) is 0 Å². The Hall–Kier alpha value is -4.64. The molecule has 0 saturated carbocycles. The number of aromatic nitrogens is 2. The molecule has 1 saturated heterocycles. The Labute approximate surface area is 253 Å². The topological polar surface area (TPSA) is 44.2 Å². The fraction of sp³-hybridized carbons (Fsp3) is 0.179. The molecule has 0 spiro atoms. The third kappa shape index (κ3) is 5.14. The Morgan fingerprint density at radius 1 is 0.488 bits per heavy atom. The molecule has 0 N–H and O–H groups in total. The molecule has 43 heavy (non-hydrogen) atoms.